The summed E-state index contributed by atoms with van der Waals surface area (Å²) in [6, 6.07) is 1.50. The first kappa shape index (κ1) is 16.6. The monoisotopic (exact) mass is 324 g/mol. The van der Waals surface area contributed by atoms with Gasteiger partial charge in [-0.15, -0.1) is 0 Å². The Bertz CT molecular complexity index is 602. The number of benzene rings is 1. The molecule has 1 aliphatic rings. The average molecular weight is 325 g/mol. The number of halogens is 1. The van der Waals surface area contributed by atoms with Gasteiger partial charge < -0.3 is 15.4 Å². The van der Waals surface area contributed by atoms with Crippen LogP contribution in [0.15, 0.2) is 6.07 Å². The first-order valence-electron chi connectivity index (χ1n) is 7.33. The van der Waals surface area contributed by atoms with Crippen molar-refractivity contribution in [2.45, 2.75) is 39.2 Å². The van der Waals surface area contributed by atoms with E-state index in [9.17, 15) is 9.59 Å². The Balaban J connectivity index is 1.98. The zero-order valence-electron chi connectivity index (χ0n) is 13.1. The summed E-state index contributed by atoms with van der Waals surface area (Å²) in [6.45, 7) is 4.36. The molecule has 0 radical (unpaired) electrons. The number of carbonyl (C=O) groups excluding carboxylic acids is 2. The lowest BCUT2D eigenvalue weighted by atomic mass is 10.0. The van der Waals surface area contributed by atoms with Crippen LogP contribution in [0, 0.1) is 13.8 Å². The van der Waals surface area contributed by atoms with Crippen LogP contribution >= 0.6 is 11.6 Å². The topological polar surface area (TPSA) is 67.4 Å². The minimum atomic E-state index is -0.405. The van der Waals surface area contributed by atoms with Crippen LogP contribution < -0.4 is 15.4 Å². The molecule has 1 fully saturated rings. The van der Waals surface area contributed by atoms with Gasteiger partial charge in [0.15, 0.2) is 0 Å². The number of nitrogens with one attached hydrogen (secondary N) is 2. The second-order valence-corrected chi connectivity index (χ2v) is 5.89. The third-order valence-corrected chi connectivity index (χ3v) is 4.56. The van der Waals surface area contributed by atoms with Crippen molar-refractivity contribution in [2.24, 2.45) is 0 Å². The molecule has 1 aromatic rings. The fourth-order valence-electron chi connectivity index (χ4n) is 2.70. The molecule has 1 atom stereocenters. The number of hydrogen-bond donors (Lipinski definition) is 2. The first-order chi connectivity index (χ1) is 10.4. The Morgan fingerprint density at radius 3 is 2.82 bits per heavy atom. The Hall–Kier alpha value is -1.75. The van der Waals surface area contributed by atoms with Crippen LogP contribution in [0.25, 0.3) is 0 Å². The molecule has 2 N–H and O–H groups in total. The summed E-state index contributed by atoms with van der Waals surface area (Å²) in [4.78, 5) is 23.1. The van der Waals surface area contributed by atoms with E-state index in [1.165, 1.54) is 0 Å². The van der Waals surface area contributed by atoms with E-state index in [1.807, 2.05) is 19.9 Å². The molecular weight excluding hydrogens is 304 g/mol. The molecule has 22 heavy (non-hydrogen) atoms. The molecule has 0 saturated carbocycles. The number of rotatable bonds is 5. The standard InChI is InChI=1S/C16H21ClN2O3/c1-9-8-13(22-3)11(10(2)15(9)17)6-7-18-16(21)12-4-5-14(20)19-12/h8,12H,4-7H2,1-3H3,(H,18,21)(H,19,20). The van der Waals surface area contributed by atoms with E-state index in [1.54, 1.807) is 7.11 Å². The molecule has 1 unspecified atom stereocenters. The fraction of sp³-hybridized carbons (Fsp3) is 0.500. The summed E-state index contributed by atoms with van der Waals surface area (Å²) in [7, 11) is 1.62. The van der Waals surface area contributed by atoms with Gasteiger partial charge in [0, 0.05) is 23.6 Å². The van der Waals surface area contributed by atoms with Gasteiger partial charge in [-0.05, 0) is 43.9 Å². The summed E-state index contributed by atoms with van der Waals surface area (Å²) in [5.41, 5.74) is 2.94. The highest BCUT2D eigenvalue weighted by atomic mass is 35.5. The zero-order valence-corrected chi connectivity index (χ0v) is 13.8. The number of amides is 2. The number of aryl methyl sites for hydroxylation is 1. The van der Waals surface area contributed by atoms with Crippen LogP contribution in [0.3, 0.4) is 0 Å². The molecule has 1 heterocycles. The summed E-state index contributed by atoms with van der Waals surface area (Å²) in [6.07, 6.45) is 1.60. The van der Waals surface area contributed by atoms with Crippen LogP contribution in [0.4, 0.5) is 0 Å². The van der Waals surface area contributed by atoms with Crippen LogP contribution in [-0.4, -0.2) is 31.5 Å². The van der Waals surface area contributed by atoms with Crippen molar-refractivity contribution in [3.63, 3.8) is 0 Å². The second-order valence-electron chi connectivity index (χ2n) is 5.51. The highest BCUT2D eigenvalue weighted by Crippen LogP contribution is 2.31. The van der Waals surface area contributed by atoms with Crippen molar-refractivity contribution < 1.29 is 14.3 Å². The third-order valence-electron chi connectivity index (χ3n) is 3.98. The minimum absolute atomic E-state index is 0.0667. The van der Waals surface area contributed by atoms with E-state index in [2.05, 4.69) is 10.6 Å². The first-order valence-corrected chi connectivity index (χ1v) is 7.71. The van der Waals surface area contributed by atoms with Gasteiger partial charge in [-0.25, -0.2) is 0 Å². The smallest absolute Gasteiger partial charge is 0.242 e. The van der Waals surface area contributed by atoms with Gasteiger partial charge in [0.1, 0.15) is 11.8 Å². The molecule has 6 heteroatoms. The summed E-state index contributed by atoms with van der Waals surface area (Å²) in [5, 5.41) is 6.24. The van der Waals surface area contributed by atoms with Gasteiger partial charge >= 0.3 is 0 Å². The Morgan fingerprint density at radius 2 is 2.23 bits per heavy atom. The lowest BCUT2D eigenvalue weighted by Crippen LogP contribution is -2.42. The largest absolute Gasteiger partial charge is 0.496 e. The normalized spacial score (nSPS) is 17.3. The molecule has 5 nitrogen and oxygen atoms in total. The predicted octanol–water partition coefficient (Wildman–Crippen LogP) is 1.90. The molecular formula is C16H21ClN2O3. The van der Waals surface area contributed by atoms with Gasteiger partial charge in [-0.2, -0.15) is 0 Å². The molecule has 2 rings (SSSR count). The molecule has 1 saturated heterocycles. The van der Waals surface area contributed by atoms with Crippen LogP contribution in [0.5, 0.6) is 5.75 Å². The maximum atomic E-state index is 12.0. The zero-order chi connectivity index (χ0) is 16.3. The predicted molar refractivity (Wildman–Crippen MR) is 85.4 cm³/mol. The number of carbonyl (C=O) groups is 2. The van der Waals surface area contributed by atoms with Crippen LogP contribution in [0.2, 0.25) is 5.02 Å². The van der Waals surface area contributed by atoms with E-state index >= 15 is 0 Å². The van der Waals surface area contributed by atoms with E-state index < -0.39 is 6.04 Å². The summed E-state index contributed by atoms with van der Waals surface area (Å²) < 4.78 is 5.41. The van der Waals surface area contributed by atoms with Gasteiger partial charge in [0.2, 0.25) is 11.8 Å². The minimum Gasteiger partial charge on any atom is -0.496 e. The van der Waals surface area contributed by atoms with Crippen molar-refractivity contribution in [1.29, 1.82) is 0 Å². The molecule has 120 valence electrons. The van der Waals surface area contributed by atoms with E-state index in [0.29, 0.717) is 25.8 Å². The quantitative estimate of drug-likeness (QED) is 0.869. The van der Waals surface area contributed by atoms with Crippen molar-refractivity contribution >= 4 is 23.4 Å². The summed E-state index contributed by atoms with van der Waals surface area (Å²) in [5.74, 6) is 0.575. The van der Waals surface area contributed by atoms with Crippen LogP contribution in [0.1, 0.15) is 29.5 Å². The van der Waals surface area contributed by atoms with Crippen molar-refractivity contribution in [1.82, 2.24) is 10.6 Å². The third kappa shape index (κ3) is 3.53. The van der Waals surface area contributed by atoms with Gasteiger partial charge in [-0.1, -0.05) is 11.6 Å². The fourth-order valence-corrected chi connectivity index (χ4v) is 2.87. The van der Waals surface area contributed by atoms with Crippen molar-refractivity contribution in [3.05, 3.63) is 27.8 Å². The maximum absolute atomic E-state index is 12.0. The molecule has 0 aliphatic carbocycles. The van der Waals surface area contributed by atoms with Gasteiger partial charge in [-0.3, -0.25) is 9.59 Å². The highest BCUT2D eigenvalue weighted by Gasteiger charge is 2.26. The lowest BCUT2D eigenvalue weighted by Gasteiger charge is -2.16. The molecule has 1 aromatic carbocycles. The van der Waals surface area contributed by atoms with E-state index in [0.717, 1.165) is 27.5 Å². The SMILES string of the molecule is COc1cc(C)c(Cl)c(C)c1CCNC(=O)C1CCC(=O)N1. The molecule has 0 aromatic heterocycles. The van der Waals surface area contributed by atoms with Crippen LogP contribution in [-0.2, 0) is 16.0 Å². The highest BCUT2D eigenvalue weighted by molar-refractivity contribution is 6.32. The Kier molecular flexibility index (Phi) is 5.29. The number of methoxy groups -OCH3 is 1. The molecule has 0 bridgehead atoms. The van der Waals surface area contributed by atoms with Gasteiger partial charge in [0.05, 0.1) is 7.11 Å². The average Bonchev–Trinajstić information content (AvgIpc) is 2.93. The van der Waals surface area contributed by atoms with Gasteiger partial charge in [0.25, 0.3) is 0 Å². The Labute approximate surface area is 135 Å². The van der Waals surface area contributed by atoms with E-state index in [4.69, 9.17) is 16.3 Å². The summed E-state index contributed by atoms with van der Waals surface area (Å²) >= 11 is 6.28. The molecule has 1 aliphatic heterocycles. The lowest BCUT2D eigenvalue weighted by molar-refractivity contribution is -0.125. The Morgan fingerprint density at radius 1 is 1.50 bits per heavy atom. The number of ether oxygens (including phenoxy) is 1. The molecule has 2 amide bonds. The van der Waals surface area contributed by atoms with Crippen molar-refractivity contribution in [3.8, 4) is 5.75 Å². The van der Waals surface area contributed by atoms with Crippen molar-refractivity contribution in [2.75, 3.05) is 13.7 Å². The second kappa shape index (κ2) is 7.01. The number of hydrogen-bond acceptors (Lipinski definition) is 3. The molecule has 0 spiro atoms. The van der Waals surface area contributed by atoms with E-state index in [-0.39, 0.29) is 11.8 Å². The maximum Gasteiger partial charge on any atom is 0.242 e.